The number of furan rings is 1. The molecule has 0 fully saturated rings. The van der Waals surface area contributed by atoms with E-state index < -0.39 is 0 Å². The molecule has 2 aromatic rings. The molecule has 1 N–H and O–H groups in total. The second-order valence-electron chi connectivity index (χ2n) is 6.19. The molecular formula is C17H24ClNO. The highest BCUT2D eigenvalue weighted by molar-refractivity contribution is 6.35. The number of nitrogens with one attached hydrogen (secondary N) is 1. The minimum Gasteiger partial charge on any atom is -0.459 e. The Balaban J connectivity index is 2.46. The summed E-state index contributed by atoms with van der Waals surface area (Å²) in [5, 5.41) is 5.33. The number of fused-ring (bicyclic) bond motifs is 1. The smallest absolute Gasteiger partial charge is 0.139 e. The van der Waals surface area contributed by atoms with Gasteiger partial charge in [0.05, 0.1) is 11.6 Å². The zero-order valence-corrected chi connectivity index (χ0v) is 13.8. The van der Waals surface area contributed by atoms with Crippen LogP contribution in [0.5, 0.6) is 0 Å². The number of hydrogen-bond acceptors (Lipinski definition) is 2. The maximum atomic E-state index is 6.40. The minimum atomic E-state index is 0.395. The molecule has 0 aliphatic rings. The van der Waals surface area contributed by atoms with E-state index in [9.17, 15) is 0 Å². The van der Waals surface area contributed by atoms with Crippen molar-refractivity contribution in [1.29, 1.82) is 0 Å². The maximum absolute atomic E-state index is 6.40. The van der Waals surface area contributed by atoms with Gasteiger partial charge < -0.3 is 9.73 Å². The quantitative estimate of drug-likeness (QED) is 0.813. The third kappa shape index (κ3) is 3.02. The molecule has 0 saturated heterocycles. The van der Waals surface area contributed by atoms with Crippen molar-refractivity contribution < 1.29 is 4.42 Å². The molecule has 0 spiro atoms. The zero-order valence-electron chi connectivity index (χ0n) is 13.0. The second-order valence-corrected chi connectivity index (χ2v) is 6.59. The van der Waals surface area contributed by atoms with E-state index in [4.69, 9.17) is 16.0 Å². The first kappa shape index (κ1) is 15.4. The first-order chi connectivity index (χ1) is 9.41. The summed E-state index contributed by atoms with van der Waals surface area (Å²) < 4.78 is 6.11. The fraction of sp³-hybridized carbons (Fsp3) is 0.529. The maximum Gasteiger partial charge on any atom is 0.139 e. The molecule has 1 aromatic carbocycles. The van der Waals surface area contributed by atoms with Crippen LogP contribution in [0.3, 0.4) is 0 Å². The molecule has 0 radical (unpaired) electrons. The summed E-state index contributed by atoms with van der Waals surface area (Å²) >= 11 is 6.40. The van der Waals surface area contributed by atoms with Gasteiger partial charge in [-0.2, -0.15) is 0 Å². The highest BCUT2D eigenvalue weighted by Crippen LogP contribution is 2.37. The van der Waals surface area contributed by atoms with Gasteiger partial charge >= 0.3 is 0 Å². The van der Waals surface area contributed by atoms with Crippen molar-refractivity contribution in [3.05, 3.63) is 34.0 Å². The molecule has 3 heteroatoms. The molecule has 0 saturated carbocycles. The molecular weight excluding hydrogens is 270 g/mol. The Morgan fingerprint density at radius 1 is 1.20 bits per heavy atom. The summed E-state index contributed by atoms with van der Waals surface area (Å²) in [6.45, 7) is 12.6. The molecule has 2 rings (SSSR count). The van der Waals surface area contributed by atoms with Gasteiger partial charge in [0, 0.05) is 10.9 Å². The zero-order chi connectivity index (χ0) is 14.9. The van der Waals surface area contributed by atoms with Crippen LogP contribution in [-0.2, 0) is 6.54 Å². The highest BCUT2D eigenvalue weighted by Gasteiger charge is 2.20. The lowest BCUT2D eigenvalue weighted by Crippen LogP contribution is -2.19. The number of benzene rings is 1. The summed E-state index contributed by atoms with van der Waals surface area (Å²) in [4.78, 5) is 0. The Hall–Kier alpha value is -0.990. The lowest BCUT2D eigenvalue weighted by atomic mass is 9.98. The average molecular weight is 294 g/mol. The largest absolute Gasteiger partial charge is 0.459 e. The Morgan fingerprint density at radius 2 is 1.90 bits per heavy atom. The highest BCUT2D eigenvalue weighted by atomic mass is 35.5. The van der Waals surface area contributed by atoms with Gasteiger partial charge in [0.25, 0.3) is 0 Å². The third-order valence-electron chi connectivity index (χ3n) is 3.51. The Morgan fingerprint density at radius 3 is 2.50 bits per heavy atom. The topological polar surface area (TPSA) is 25.2 Å². The lowest BCUT2D eigenvalue weighted by molar-refractivity contribution is 0.478. The van der Waals surface area contributed by atoms with Gasteiger partial charge in [0.1, 0.15) is 11.3 Å². The second kappa shape index (κ2) is 6.19. The van der Waals surface area contributed by atoms with Gasteiger partial charge in [0.2, 0.25) is 0 Å². The van der Waals surface area contributed by atoms with Crippen molar-refractivity contribution in [2.24, 2.45) is 5.92 Å². The van der Waals surface area contributed by atoms with E-state index in [1.165, 1.54) is 5.56 Å². The van der Waals surface area contributed by atoms with E-state index in [2.05, 4.69) is 39.9 Å². The van der Waals surface area contributed by atoms with Crippen LogP contribution < -0.4 is 5.32 Å². The summed E-state index contributed by atoms with van der Waals surface area (Å²) in [6, 6.07) is 3.98. The van der Waals surface area contributed by atoms with Crippen molar-refractivity contribution in [2.45, 2.75) is 47.1 Å². The number of rotatable bonds is 5. The molecule has 0 amide bonds. The summed E-state index contributed by atoms with van der Waals surface area (Å²) in [6.07, 6.45) is 0. The Labute approximate surface area is 126 Å². The molecule has 0 unspecified atom stereocenters. The molecule has 1 heterocycles. The van der Waals surface area contributed by atoms with Crippen LogP contribution in [0.2, 0.25) is 5.02 Å². The van der Waals surface area contributed by atoms with Crippen LogP contribution in [0, 0.1) is 12.8 Å². The predicted octanol–water partition coefficient (Wildman–Crippen LogP) is 5.26. The summed E-state index contributed by atoms with van der Waals surface area (Å²) in [5.41, 5.74) is 3.31. The van der Waals surface area contributed by atoms with E-state index >= 15 is 0 Å². The van der Waals surface area contributed by atoms with Crippen LogP contribution >= 0.6 is 11.6 Å². The van der Waals surface area contributed by atoms with Gasteiger partial charge in [-0.25, -0.2) is 0 Å². The minimum absolute atomic E-state index is 0.395. The van der Waals surface area contributed by atoms with Crippen LogP contribution in [0.1, 0.15) is 50.5 Å². The summed E-state index contributed by atoms with van der Waals surface area (Å²) in [7, 11) is 0. The average Bonchev–Trinajstić information content (AvgIpc) is 2.74. The van der Waals surface area contributed by atoms with Crippen LogP contribution in [-0.4, -0.2) is 6.54 Å². The van der Waals surface area contributed by atoms with Crippen molar-refractivity contribution in [2.75, 3.05) is 6.54 Å². The first-order valence-electron chi connectivity index (χ1n) is 7.32. The molecule has 20 heavy (non-hydrogen) atoms. The van der Waals surface area contributed by atoms with Gasteiger partial charge in [-0.3, -0.25) is 0 Å². The third-order valence-corrected chi connectivity index (χ3v) is 3.83. The normalized spacial score (nSPS) is 12.0. The monoisotopic (exact) mass is 293 g/mol. The molecule has 110 valence electrons. The number of halogens is 1. The number of aryl methyl sites for hydroxylation is 1. The molecule has 0 atom stereocenters. The standard InChI is InChI=1S/C17H24ClNO/c1-10(2)8-19-9-14-15(11(3)4)16-13(18)7-6-12(5)17(16)20-14/h6-7,10-11,19H,8-9H2,1-5H3. The Kier molecular flexibility index (Phi) is 4.77. The van der Waals surface area contributed by atoms with Crippen molar-refractivity contribution >= 4 is 22.6 Å². The van der Waals surface area contributed by atoms with E-state index in [1.807, 2.05) is 12.1 Å². The van der Waals surface area contributed by atoms with Gasteiger partial charge in [-0.15, -0.1) is 0 Å². The van der Waals surface area contributed by atoms with E-state index in [1.54, 1.807) is 0 Å². The first-order valence-corrected chi connectivity index (χ1v) is 7.70. The molecule has 0 aliphatic heterocycles. The number of hydrogen-bond donors (Lipinski definition) is 1. The SMILES string of the molecule is Cc1ccc(Cl)c2c(C(C)C)c(CNCC(C)C)oc12. The molecule has 0 aliphatic carbocycles. The predicted molar refractivity (Wildman–Crippen MR) is 86.6 cm³/mol. The molecule has 2 nitrogen and oxygen atoms in total. The van der Waals surface area contributed by atoms with Crippen LogP contribution in [0.25, 0.3) is 11.0 Å². The van der Waals surface area contributed by atoms with Crippen molar-refractivity contribution in [1.82, 2.24) is 5.32 Å². The van der Waals surface area contributed by atoms with Crippen LogP contribution in [0.4, 0.5) is 0 Å². The van der Waals surface area contributed by atoms with Gasteiger partial charge in [0.15, 0.2) is 0 Å². The summed E-state index contributed by atoms with van der Waals surface area (Å²) in [5.74, 6) is 2.05. The van der Waals surface area contributed by atoms with Crippen molar-refractivity contribution in [3.63, 3.8) is 0 Å². The van der Waals surface area contributed by atoms with E-state index in [0.29, 0.717) is 11.8 Å². The van der Waals surface area contributed by atoms with Gasteiger partial charge in [-0.05, 0) is 36.9 Å². The Bertz CT molecular complexity index is 599. The lowest BCUT2D eigenvalue weighted by Gasteiger charge is -2.09. The molecule has 0 bridgehead atoms. The fourth-order valence-corrected chi connectivity index (χ4v) is 2.83. The van der Waals surface area contributed by atoms with Crippen LogP contribution in [0.15, 0.2) is 16.5 Å². The molecule has 1 aromatic heterocycles. The van der Waals surface area contributed by atoms with E-state index in [0.717, 1.165) is 40.4 Å². The van der Waals surface area contributed by atoms with Gasteiger partial charge in [-0.1, -0.05) is 45.4 Å². The fourth-order valence-electron chi connectivity index (χ4n) is 2.58. The van der Waals surface area contributed by atoms with Crippen molar-refractivity contribution in [3.8, 4) is 0 Å². The van der Waals surface area contributed by atoms with E-state index in [-0.39, 0.29) is 0 Å².